The minimum Gasteiger partial charge on any atom is -0.377 e. The SMILES string of the molecule is Clc1ccc2ncc(N3CCOCC34CC4)cc2n1. The number of nitrogens with zero attached hydrogens (tertiary/aromatic N) is 3. The zero-order valence-corrected chi connectivity index (χ0v) is 11.2. The third-order valence-electron chi connectivity index (χ3n) is 4.03. The summed E-state index contributed by atoms with van der Waals surface area (Å²) in [5.41, 5.74) is 3.08. The van der Waals surface area contributed by atoms with Gasteiger partial charge in [-0.3, -0.25) is 4.98 Å². The van der Waals surface area contributed by atoms with Crippen molar-refractivity contribution in [3.05, 3.63) is 29.5 Å². The summed E-state index contributed by atoms with van der Waals surface area (Å²) in [4.78, 5) is 11.3. The van der Waals surface area contributed by atoms with Crippen LogP contribution in [-0.2, 0) is 4.74 Å². The highest BCUT2D eigenvalue weighted by atomic mass is 35.5. The molecule has 19 heavy (non-hydrogen) atoms. The quantitative estimate of drug-likeness (QED) is 0.750. The Labute approximate surface area is 116 Å². The largest absolute Gasteiger partial charge is 0.377 e. The van der Waals surface area contributed by atoms with E-state index in [4.69, 9.17) is 16.3 Å². The number of fused-ring (bicyclic) bond motifs is 1. The van der Waals surface area contributed by atoms with E-state index in [1.807, 2.05) is 12.3 Å². The molecule has 2 aromatic heterocycles. The minimum absolute atomic E-state index is 0.214. The zero-order valence-electron chi connectivity index (χ0n) is 10.5. The molecule has 0 bridgehead atoms. The summed E-state index contributed by atoms with van der Waals surface area (Å²) in [7, 11) is 0. The number of ether oxygens (including phenoxy) is 1. The van der Waals surface area contributed by atoms with E-state index in [0.717, 1.165) is 36.5 Å². The van der Waals surface area contributed by atoms with E-state index >= 15 is 0 Å². The van der Waals surface area contributed by atoms with Crippen LogP contribution in [0.1, 0.15) is 12.8 Å². The topological polar surface area (TPSA) is 38.2 Å². The summed E-state index contributed by atoms with van der Waals surface area (Å²) in [6, 6.07) is 5.76. The highest BCUT2D eigenvalue weighted by molar-refractivity contribution is 6.29. The molecule has 2 aromatic rings. The second kappa shape index (κ2) is 4.05. The molecule has 0 aromatic carbocycles. The third-order valence-corrected chi connectivity index (χ3v) is 4.24. The molecule has 98 valence electrons. The van der Waals surface area contributed by atoms with Crippen LogP contribution in [0.5, 0.6) is 0 Å². The van der Waals surface area contributed by atoms with Gasteiger partial charge in [-0.15, -0.1) is 0 Å². The molecule has 1 spiro atoms. The first-order valence-electron chi connectivity index (χ1n) is 6.55. The molecule has 0 amide bonds. The number of pyridine rings is 2. The Balaban J connectivity index is 1.78. The lowest BCUT2D eigenvalue weighted by atomic mass is 10.1. The maximum Gasteiger partial charge on any atom is 0.129 e. The van der Waals surface area contributed by atoms with Crippen LogP contribution in [0.3, 0.4) is 0 Å². The molecule has 0 atom stereocenters. The third kappa shape index (κ3) is 1.86. The number of rotatable bonds is 1. The Morgan fingerprint density at radius 3 is 3.00 bits per heavy atom. The average Bonchev–Trinajstić information content (AvgIpc) is 3.18. The van der Waals surface area contributed by atoms with Gasteiger partial charge < -0.3 is 9.64 Å². The number of morpholine rings is 1. The molecule has 1 saturated carbocycles. The van der Waals surface area contributed by atoms with Gasteiger partial charge in [0.25, 0.3) is 0 Å². The van der Waals surface area contributed by atoms with Crippen LogP contribution in [0.4, 0.5) is 5.69 Å². The maximum absolute atomic E-state index is 5.95. The van der Waals surface area contributed by atoms with Crippen molar-refractivity contribution in [1.82, 2.24) is 9.97 Å². The van der Waals surface area contributed by atoms with Gasteiger partial charge in [-0.25, -0.2) is 4.98 Å². The van der Waals surface area contributed by atoms with E-state index in [1.165, 1.54) is 12.8 Å². The number of aromatic nitrogens is 2. The van der Waals surface area contributed by atoms with Gasteiger partial charge >= 0.3 is 0 Å². The predicted molar refractivity (Wildman–Crippen MR) is 74.7 cm³/mol. The first-order chi connectivity index (χ1) is 9.27. The standard InChI is InChI=1S/C14H14ClN3O/c15-13-2-1-11-12(17-13)7-10(8-16-11)18-5-6-19-9-14(18)3-4-14/h1-2,7-8H,3-6,9H2. The molecule has 2 aliphatic rings. The Bertz CT molecular complexity index is 642. The predicted octanol–water partition coefficient (Wildman–Crippen LogP) is 2.65. The summed E-state index contributed by atoms with van der Waals surface area (Å²) >= 11 is 5.95. The first kappa shape index (κ1) is 11.4. The molecule has 2 fully saturated rings. The lowest BCUT2D eigenvalue weighted by molar-refractivity contribution is 0.0864. The molecule has 0 N–H and O–H groups in total. The van der Waals surface area contributed by atoms with Gasteiger partial charge in [-0.05, 0) is 31.0 Å². The van der Waals surface area contributed by atoms with Crippen molar-refractivity contribution in [2.45, 2.75) is 18.4 Å². The summed E-state index contributed by atoms with van der Waals surface area (Å²) < 4.78 is 5.61. The summed E-state index contributed by atoms with van der Waals surface area (Å²) in [5.74, 6) is 0. The van der Waals surface area contributed by atoms with Gasteiger partial charge in [0.05, 0.1) is 41.7 Å². The average molecular weight is 276 g/mol. The van der Waals surface area contributed by atoms with E-state index in [-0.39, 0.29) is 5.54 Å². The number of anilines is 1. The molecular weight excluding hydrogens is 262 g/mol. The van der Waals surface area contributed by atoms with Crippen molar-refractivity contribution < 1.29 is 4.74 Å². The summed E-state index contributed by atoms with van der Waals surface area (Å²) in [5, 5.41) is 0.509. The van der Waals surface area contributed by atoms with Crippen LogP contribution in [0, 0.1) is 0 Å². The molecular formula is C14H14ClN3O. The Hall–Kier alpha value is -1.39. The van der Waals surface area contributed by atoms with Crippen molar-refractivity contribution in [3.8, 4) is 0 Å². The Morgan fingerprint density at radius 1 is 1.26 bits per heavy atom. The van der Waals surface area contributed by atoms with Crippen molar-refractivity contribution in [2.24, 2.45) is 0 Å². The Kier molecular flexibility index (Phi) is 2.44. The van der Waals surface area contributed by atoms with E-state index in [9.17, 15) is 0 Å². The van der Waals surface area contributed by atoms with E-state index < -0.39 is 0 Å². The molecule has 5 heteroatoms. The molecule has 1 aliphatic carbocycles. The molecule has 4 rings (SSSR count). The lowest BCUT2D eigenvalue weighted by Gasteiger charge is -2.37. The minimum atomic E-state index is 0.214. The van der Waals surface area contributed by atoms with Crippen molar-refractivity contribution >= 4 is 28.3 Å². The monoisotopic (exact) mass is 275 g/mol. The fraction of sp³-hybridized carbons (Fsp3) is 0.429. The highest BCUT2D eigenvalue weighted by Crippen LogP contribution is 2.45. The van der Waals surface area contributed by atoms with Gasteiger partial charge in [-0.2, -0.15) is 0 Å². The lowest BCUT2D eigenvalue weighted by Crippen LogP contribution is -2.47. The zero-order chi connectivity index (χ0) is 12.9. The number of halogens is 1. The van der Waals surface area contributed by atoms with Crippen LogP contribution in [0.2, 0.25) is 5.15 Å². The summed E-state index contributed by atoms with van der Waals surface area (Å²) in [6.45, 7) is 2.53. The van der Waals surface area contributed by atoms with Gasteiger partial charge in [0, 0.05) is 6.54 Å². The van der Waals surface area contributed by atoms with E-state index in [2.05, 4.69) is 20.9 Å². The van der Waals surface area contributed by atoms with Crippen LogP contribution in [0.15, 0.2) is 24.4 Å². The van der Waals surface area contributed by atoms with Crippen molar-refractivity contribution in [1.29, 1.82) is 0 Å². The Morgan fingerprint density at radius 2 is 2.16 bits per heavy atom. The van der Waals surface area contributed by atoms with Crippen LogP contribution >= 0.6 is 11.6 Å². The molecule has 4 nitrogen and oxygen atoms in total. The van der Waals surface area contributed by atoms with Gasteiger partial charge in [0.2, 0.25) is 0 Å². The van der Waals surface area contributed by atoms with E-state index in [1.54, 1.807) is 6.07 Å². The number of hydrogen-bond donors (Lipinski definition) is 0. The van der Waals surface area contributed by atoms with Crippen molar-refractivity contribution in [3.63, 3.8) is 0 Å². The first-order valence-corrected chi connectivity index (χ1v) is 6.92. The molecule has 1 aliphatic heterocycles. The second-order valence-corrected chi connectivity index (χ2v) is 5.68. The normalized spacial score (nSPS) is 21.0. The highest BCUT2D eigenvalue weighted by Gasteiger charge is 2.50. The maximum atomic E-state index is 5.95. The van der Waals surface area contributed by atoms with Gasteiger partial charge in [0.1, 0.15) is 5.15 Å². The second-order valence-electron chi connectivity index (χ2n) is 5.29. The van der Waals surface area contributed by atoms with Gasteiger partial charge in [-0.1, -0.05) is 11.6 Å². The van der Waals surface area contributed by atoms with E-state index in [0.29, 0.717) is 5.15 Å². The smallest absolute Gasteiger partial charge is 0.129 e. The fourth-order valence-corrected chi connectivity index (χ4v) is 2.97. The van der Waals surface area contributed by atoms with Crippen molar-refractivity contribution in [2.75, 3.05) is 24.7 Å². The number of hydrogen-bond acceptors (Lipinski definition) is 4. The fourth-order valence-electron chi connectivity index (χ4n) is 2.81. The van der Waals surface area contributed by atoms with Crippen LogP contribution in [0.25, 0.3) is 11.0 Å². The molecule has 3 heterocycles. The van der Waals surface area contributed by atoms with Crippen LogP contribution in [-0.4, -0.2) is 35.3 Å². The molecule has 1 saturated heterocycles. The molecule has 0 radical (unpaired) electrons. The summed E-state index contributed by atoms with van der Waals surface area (Å²) in [6.07, 6.45) is 4.34. The van der Waals surface area contributed by atoms with Crippen LogP contribution < -0.4 is 4.90 Å². The van der Waals surface area contributed by atoms with Gasteiger partial charge in [0.15, 0.2) is 0 Å². The molecule has 0 unspecified atom stereocenters.